The van der Waals surface area contributed by atoms with E-state index in [0.717, 1.165) is 11.1 Å². The first kappa shape index (κ1) is 16.7. The number of aliphatic imine (C=N–C) groups is 1. The van der Waals surface area contributed by atoms with E-state index in [4.69, 9.17) is 4.74 Å². The van der Waals surface area contributed by atoms with Crippen molar-refractivity contribution in [3.63, 3.8) is 0 Å². The molecule has 3 nitrogen and oxygen atoms in total. The van der Waals surface area contributed by atoms with Crippen LogP contribution >= 0.6 is 0 Å². The molecule has 0 aliphatic heterocycles. The summed E-state index contributed by atoms with van der Waals surface area (Å²) in [6.45, 7) is 5.89. The van der Waals surface area contributed by atoms with Gasteiger partial charge in [-0.3, -0.25) is 4.99 Å². The van der Waals surface area contributed by atoms with Crippen LogP contribution in [0.3, 0.4) is 0 Å². The number of esters is 1. The smallest absolute Gasteiger partial charge is 0.338 e. The maximum absolute atomic E-state index is 12.7. The Balaban J connectivity index is 2.50. The Labute approximate surface area is 137 Å². The molecule has 0 spiro atoms. The number of ether oxygens (including phenoxy) is 1. The van der Waals surface area contributed by atoms with Gasteiger partial charge in [-0.25, -0.2) is 4.79 Å². The van der Waals surface area contributed by atoms with Crippen LogP contribution in [0.4, 0.5) is 0 Å². The Morgan fingerprint density at radius 1 is 1.13 bits per heavy atom. The number of hydrogen-bond acceptors (Lipinski definition) is 3. The summed E-state index contributed by atoms with van der Waals surface area (Å²) in [7, 11) is 0. The summed E-state index contributed by atoms with van der Waals surface area (Å²) in [6.07, 6.45) is 3.79. The van der Waals surface area contributed by atoms with E-state index in [1.54, 1.807) is 19.2 Å². The lowest BCUT2D eigenvalue weighted by molar-refractivity contribution is -0.149. The van der Waals surface area contributed by atoms with Crippen molar-refractivity contribution in [2.45, 2.75) is 18.9 Å². The fourth-order valence-corrected chi connectivity index (χ4v) is 2.40. The van der Waals surface area contributed by atoms with Crippen LogP contribution in [0.1, 0.15) is 24.5 Å². The van der Waals surface area contributed by atoms with E-state index in [1.807, 2.05) is 60.7 Å². The minimum absolute atomic E-state index is 0.311. The molecule has 1 unspecified atom stereocenters. The topological polar surface area (TPSA) is 38.7 Å². The average molecular weight is 307 g/mol. The number of carbonyl (C=O) groups is 1. The van der Waals surface area contributed by atoms with Crippen LogP contribution in [0.25, 0.3) is 0 Å². The molecule has 0 amide bonds. The fourth-order valence-electron chi connectivity index (χ4n) is 2.40. The number of nitrogens with zero attached hydrogens (tertiary/aromatic N) is 1. The van der Waals surface area contributed by atoms with E-state index in [9.17, 15) is 4.79 Å². The Morgan fingerprint density at radius 2 is 1.74 bits per heavy atom. The molecular weight excluding hydrogens is 286 g/mol. The predicted octanol–water partition coefficient (Wildman–Crippen LogP) is 4.14. The molecule has 3 heteroatoms. The first-order valence-electron chi connectivity index (χ1n) is 7.67. The van der Waals surface area contributed by atoms with Gasteiger partial charge in [0.2, 0.25) is 0 Å². The molecule has 0 aliphatic rings. The number of rotatable bonds is 7. The summed E-state index contributed by atoms with van der Waals surface area (Å²) in [5.41, 5.74) is 0.626. The van der Waals surface area contributed by atoms with Crippen LogP contribution in [-0.2, 0) is 15.1 Å². The molecule has 1 atom stereocenters. The van der Waals surface area contributed by atoms with Crippen LogP contribution in [0, 0.1) is 0 Å². The van der Waals surface area contributed by atoms with Crippen molar-refractivity contribution in [2.24, 2.45) is 4.99 Å². The van der Waals surface area contributed by atoms with Crippen molar-refractivity contribution < 1.29 is 9.53 Å². The lowest BCUT2D eigenvalue weighted by Gasteiger charge is -2.27. The zero-order valence-electron chi connectivity index (χ0n) is 13.3. The second-order valence-corrected chi connectivity index (χ2v) is 5.11. The number of hydrogen-bond donors (Lipinski definition) is 0. The lowest BCUT2D eigenvalue weighted by Crippen LogP contribution is -2.35. The van der Waals surface area contributed by atoms with E-state index in [0.29, 0.717) is 13.0 Å². The van der Waals surface area contributed by atoms with Gasteiger partial charge >= 0.3 is 5.97 Å². The summed E-state index contributed by atoms with van der Waals surface area (Å²) in [6, 6.07) is 19.2. The van der Waals surface area contributed by atoms with Gasteiger partial charge in [-0.1, -0.05) is 66.7 Å². The van der Waals surface area contributed by atoms with Gasteiger partial charge in [0.1, 0.15) is 0 Å². The normalized spacial score (nSPS) is 13.4. The van der Waals surface area contributed by atoms with Crippen LogP contribution < -0.4 is 0 Å². The Hall–Kier alpha value is -2.68. The molecule has 0 saturated carbocycles. The van der Waals surface area contributed by atoms with Gasteiger partial charge in [0.25, 0.3) is 0 Å². The fraction of sp³-hybridized carbons (Fsp3) is 0.200. The maximum atomic E-state index is 12.7. The van der Waals surface area contributed by atoms with Crippen LogP contribution in [0.15, 0.2) is 78.3 Å². The molecular formula is C20H21NO2. The highest BCUT2D eigenvalue weighted by Crippen LogP contribution is 2.32. The van der Waals surface area contributed by atoms with E-state index >= 15 is 0 Å². The Morgan fingerprint density at radius 3 is 2.30 bits per heavy atom. The van der Waals surface area contributed by atoms with Gasteiger partial charge < -0.3 is 4.74 Å². The summed E-state index contributed by atoms with van der Waals surface area (Å²) in [4.78, 5) is 17.3. The monoisotopic (exact) mass is 307 g/mol. The molecule has 0 aliphatic carbocycles. The minimum atomic E-state index is -1.10. The zero-order valence-corrected chi connectivity index (χ0v) is 13.3. The quantitative estimate of drug-likeness (QED) is 0.438. The van der Waals surface area contributed by atoms with Gasteiger partial charge in [0.15, 0.2) is 5.54 Å². The van der Waals surface area contributed by atoms with E-state index in [-0.39, 0.29) is 5.97 Å². The second kappa shape index (κ2) is 8.08. The van der Waals surface area contributed by atoms with E-state index in [2.05, 4.69) is 11.6 Å². The summed E-state index contributed by atoms with van der Waals surface area (Å²) in [5.74, 6) is -0.363. The van der Waals surface area contributed by atoms with Gasteiger partial charge in [-0.2, -0.15) is 0 Å². The van der Waals surface area contributed by atoms with E-state index in [1.165, 1.54) is 0 Å². The Bertz CT molecular complexity index is 665. The SMILES string of the molecule is C=CCC(N=Cc1ccccc1)(C(=O)OCC)c1ccccc1. The molecule has 23 heavy (non-hydrogen) atoms. The standard InChI is InChI=1S/C20H21NO2/c1-3-15-20(19(22)23-4-2,18-13-9-6-10-14-18)21-16-17-11-7-5-8-12-17/h3,5-14,16H,1,4,15H2,2H3. The number of benzene rings is 2. The maximum Gasteiger partial charge on any atom is 0.338 e. The first-order chi connectivity index (χ1) is 11.2. The molecule has 0 aromatic heterocycles. The third-order valence-electron chi connectivity index (χ3n) is 3.54. The first-order valence-corrected chi connectivity index (χ1v) is 7.67. The summed E-state index contributed by atoms with van der Waals surface area (Å²) < 4.78 is 5.30. The highest BCUT2D eigenvalue weighted by molar-refractivity contribution is 5.88. The lowest BCUT2D eigenvalue weighted by atomic mass is 9.87. The third-order valence-corrected chi connectivity index (χ3v) is 3.54. The largest absolute Gasteiger partial charge is 0.464 e. The third kappa shape index (κ3) is 3.95. The molecule has 2 aromatic rings. The molecule has 0 N–H and O–H groups in total. The molecule has 0 bridgehead atoms. The van der Waals surface area contributed by atoms with E-state index < -0.39 is 5.54 Å². The summed E-state index contributed by atoms with van der Waals surface area (Å²) in [5, 5.41) is 0. The van der Waals surface area contributed by atoms with Crippen LogP contribution in [0.5, 0.6) is 0 Å². The van der Waals surface area contributed by atoms with Crippen molar-refractivity contribution in [1.82, 2.24) is 0 Å². The Kier molecular flexibility index (Phi) is 5.87. The summed E-state index contributed by atoms with van der Waals surface area (Å²) >= 11 is 0. The highest BCUT2D eigenvalue weighted by Gasteiger charge is 2.40. The molecule has 2 rings (SSSR count). The predicted molar refractivity (Wildman–Crippen MR) is 93.6 cm³/mol. The van der Waals surface area contributed by atoms with Crippen LogP contribution in [0.2, 0.25) is 0 Å². The highest BCUT2D eigenvalue weighted by atomic mass is 16.5. The van der Waals surface area contributed by atoms with Crippen molar-refractivity contribution in [1.29, 1.82) is 0 Å². The minimum Gasteiger partial charge on any atom is -0.464 e. The van der Waals surface area contributed by atoms with Crippen molar-refractivity contribution in [3.05, 3.63) is 84.4 Å². The zero-order chi connectivity index (χ0) is 16.5. The van der Waals surface area contributed by atoms with Gasteiger partial charge in [0.05, 0.1) is 6.61 Å². The van der Waals surface area contributed by atoms with Crippen molar-refractivity contribution in [3.8, 4) is 0 Å². The average Bonchev–Trinajstić information content (AvgIpc) is 2.60. The van der Waals surface area contributed by atoms with Gasteiger partial charge in [-0.05, 0) is 18.1 Å². The second-order valence-electron chi connectivity index (χ2n) is 5.11. The van der Waals surface area contributed by atoms with Crippen LogP contribution in [-0.4, -0.2) is 18.8 Å². The van der Waals surface area contributed by atoms with Crippen molar-refractivity contribution >= 4 is 12.2 Å². The molecule has 0 saturated heterocycles. The molecule has 0 heterocycles. The van der Waals surface area contributed by atoms with Crippen molar-refractivity contribution in [2.75, 3.05) is 6.61 Å². The molecule has 118 valence electrons. The molecule has 2 aromatic carbocycles. The number of carbonyl (C=O) groups excluding carboxylic acids is 1. The molecule has 0 fully saturated rings. The van der Waals surface area contributed by atoms with Gasteiger partial charge in [-0.15, -0.1) is 6.58 Å². The van der Waals surface area contributed by atoms with Gasteiger partial charge in [0, 0.05) is 12.6 Å². The molecule has 0 radical (unpaired) electrons.